The number of carbonyl (C=O) groups is 1. The van der Waals surface area contributed by atoms with Crippen LogP contribution in [0.3, 0.4) is 0 Å². The number of benzene rings is 1. The SMILES string of the molecule is Cl.NCC(NC(=O)c1ccc(-c2ccccc2)[nH]c1=O)C1CC1. The third kappa shape index (κ3) is 4.00. The molecule has 1 fully saturated rings. The third-order valence-electron chi connectivity index (χ3n) is 4.00. The molecule has 0 saturated heterocycles. The Morgan fingerprint density at radius 1 is 1.22 bits per heavy atom. The number of nitrogens with two attached hydrogens (primary N) is 1. The molecule has 1 saturated carbocycles. The number of aromatic amines is 1. The Bertz CT molecular complexity index is 726. The van der Waals surface area contributed by atoms with Gasteiger partial charge in [-0.3, -0.25) is 9.59 Å². The lowest BCUT2D eigenvalue weighted by Gasteiger charge is -2.15. The van der Waals surface area contributed by atoms with Gasteiger partial charge in [-0.2, -0.15) is 0 Å². The van der Waals surface area contributed by atoms with Gasteiger partial charge in [0, 0.05) is 18.3 Å². The van der Waals surface area contributed by atoms with E-state index in [1.165, 1.54) is 0 Å². The first-order valence-electron chi connectivity index (χ1n) is 7.48. The molecule has 1 unspecified atom stereocenters. The zero-order valence-corrected chi connectivity index (χ0v) is 13.4. The van der Waals surface area contributed by atoms with Crippen molar-refractivity contribution in [3.63, 3.8) is 0 Å². The van der Waals surface area contributed by atoms with Crippen LogP contribution in [-0.4, -0.2) is 23.5 Å². The Morgan fingerprint density at radius 3 is 2.48 bits per heavy atom. The van der Waals surface area contributed by atoms with Crippen LogP contribution in [0.15, 0.2) is 47.3 Å². The van der Waals surface area contributed by atoms with Gasteiger partial charge in [0.25, 0.3) is 11.5 Å². The second-order valence-electron chi connectivity index (χ2n) is 5.63. The van der Waals surface area contributed by atoms with E-state index < -0.39 is 0 Å². The molecule has 0 aliphatic heterocycles. The van der Waals surface area contributed by atoms with Gasteiger partial charge in [0.05, 0.1) is 0 Å². The van der Waals surface area contributed by atoms with Gasteiger partial charge >= 0.3 is 0 Å². The molecule has 1 aliphatic carbocycles. The summed E-state index contributed by atoms with van der Waals surface area (Å²) in [6.07, 6.45) is 2.18. The fraction of sp³-hybridized carbons (Fsp3) is 0.294. The maximum absolute atomic E-state index is 12.2. The first kappa shape index (κ1) is 17.2. The molecule has 5 nitrogen and oxygen atoms in total. The summed E-state index contributed by atoms with van der Waals surface area (Å²) >= 11 is 0. The Balaban J connectivity index is 0.00000192. The number of hydrogen-bond donors (Lipinski definition) is 3. The van der Waals surface area contributed by atoms with Crippen LogP contribution in [0.1, 0.15) is 23.2 Å². The number of amides is 1. The molecule has 1 aromatic carbocycles. The number of pyridine rings is 1. The van der Waals surface area contributed by atoms with E-state index in [9.17, 15) is 9.59 Å². The summed E-state index contributed by atoms with van der Waals surface area (Å²) in [5, 5.41) is 2.86. The number of halogens is 1. The zero-order valence-electron chi connectivity index (χ0n) is 12.6. The van der Waals surface area contributed by atoms with Crippen molar-refractivity contribution in [2.75, 3.05) is 6.54 Å². The molecule has 1 aromatic heterocycles. The van der Waals surface area contributed by atoms with Crippen LogP contribution in [0.25, 0.3) is 11.3 Å². The monoisotopic (exact) mass is 333 g/mol. The lowest BCUT2D eigenvalue weighted by molar-refractivity contribution is 0.0932. The van der Waals surface area contributed by atoms with E-state index in [0.717, 1.165) is 18.4 Å². The minimum atomic E-state index is -0.384. The van der Waals surface area contributed by atoms with Gasteiger partial charge in [-0.05, 0) is 36.5 Å². The number of H-pyrrole nitrogens is 1. The van der Waals surface area contributed by atoms with Crippen LogP contribution in [0, 0.1) is 5.92 Å². The minimum Gasteiger partial charge on any atom is -0.348 e. The van der Waals surface area contributed by atoms with Gasteiger partial charge in [0.1, 0.15) is 5.56 Å². The fourth-order valence-corrected chi connectivity index (χ4v) is 2.55. The molecule has 1 amide bonds. The van der Waals surface area contributed by atoms with E-state index in [1.54, 1.807) is 12.1 Å². The van der Waals surface area contributed by atoms with E-state index in [2.05, 4.69) is 10.3 Å². The largest absolute Gasteiger partial charge is 0.348 e. The molecule has 0 spiro atoms. The van der Waals surface area contributed by atoms with Crippen molar-refractivity contribution in [3.05, 3.63) is 58.4 Å². The summed E-state index contributed by atoms with van der Waals surface area (Å²) in [6.45, 7) is 0.399. The molecular weight excluding hydrogens is 314 g/mol. The number of hydrogen-bond acceptors (Lipinski definition) is 3. The lowest BCUT2D eigenvalue weighted by Crippen LogP contribution is -2.43. The van der Waals surface area contributed by atoms with Gasteiger partial charge in [-0.25, -0.2) is 0 Å². The van der Waals surface area contributed by atoms with Crippen molar-refractivity contribution in [1.29, 1.82) is 0 Å². The van der Waals surface area contributed by atoms with Crippen LogP contribution in [-0.2, 0) is 0 Å². The van der Waals surface area contributed by atoms with E-state index >= 15 is 0 Å². The molecule has 2 aromatic rings. The standard InChI is InChI=1S/C17H19N3O2.ClH/c18-10-15(12-6-7-12)20-17(22)13-8-9-14(19-16(13)21)11-4-2-1-3-5-11;/h1-5,8-9,12,15H,6-7,10,18H2,(H,19,21)(H,20,22);1H. The molecule has 1 heterocycles. The highest BCUT2D eigenvalue weighted by atomic mass is 35.5. The quantitative estimate of drug-likeness (QED) is 0.781. The van der Waals surface area contributed by atoms with E-state index in [-0.39, 0.29) is 35.5 Å². The highest BCUT2D eigenvalue weighted by Gasteiger charge is 2.31. The highest BCUT2D eigenvalue weighted by molar-refractivity contribution is 5.94. The summed E-state index contributed by atoms with van der Waals surface area (Å²) in [7, 11) is 0. The predicted octanol–water partition coefficient (Wildman–Crippen LogP) is 1.93. The molecular formula is C17H20ClN3O2. The maximum atomic E-state index is 12.2. The van der Waals surface area contributed by atoms with Crippen molar-refractivity contribution < 1.29 is 4.79 Å². The number of nitrogens with one attached hydrogen (secondary N) is 2. The second-order valence-corrected chi connectivity index (χ2v) is 5.63. The summed E-state index contributed by atoms with van der Waals surface area (Å²) in [4.78, 5) is 27.2. The molecule has 3 rings (SSSR count). The van der Waals surface area contributed by atoms with Crippen molar-refractivity contribution in [1.82, 2.24) is 10.3 Å². The Kier molecular flexibility index (Phi) is 5.58. The Labute approximate surface area is 140 Å². The van der Waals surface area contributed by atoms with Crippen molar-refractivity contribution in [2.24, 2.45) is 11.7 Å². The lowest BCUT2D eigenvalue weighted by atomic mass is 10.1. The van der Waals surface area contributed by atoms with Crippen LogP contribution < -0.4 is 16.6 Å². The van der Waals surface area contributed by atoms with Gasteiger partial charge in [-0.15, -0.1) is 12.4 Å². The molecule has 1 aliphatic rings. The molecule has 6 heteroatoms. The first-order chi connectivity index (χ1) is 10.7. The fourth-order valence-electron chi connectivity index (χ4n) is 2.55. The third-order valence-corrected chi connectivity index (χ3v) is 4.00. The van der Waals surface area contributed by atoms with Gasteiger partial charge in [0.2, 0.25) is 0 Å². The van der Waals surface area contributed by atoms with Gasteiger partial charge < -0.3 is 16.0 Å². The predicted molar refractivity (Wildman–Crippen MR) is 92.8 cm³/mol. The molecule has 23 heavy (non-hydrogen) atoms. The Morgan fingerprint density at radius 2 is 1.91 bits per heavy atom. The van der Waals surface area contributed by atoms with E-state index in [4.69, 9.17) is 5.73 Å². The van der Waals surface area contributed by atoms with Crippen molar-refractivity contribution in [3.8, 4) is 11.3 Å². The molecule has 0 radical (unpaired) electrons. The summed E-state index contributed by atoms with van der Waals surface area (Å²) in [6, 6.07) is 12.8. The van der Waals surface area contributed by atoms with Crippen molar-refractivity contribution in [2.45, 2.75) is 18.9 Å². The van der Waals surface area contributed by atoms with Crippen LogP contribution in [0.4, 0.5) is 0 Å². The van der Waals surface area contributed by atoms with E-state index in [1.807, 2.05) is 30.3 Å². The van der Waals surface area contributed by atoms with Crippen LogP contribution >= 0.6 is 12.4 Å². The second kappa shape index (κ2) is 7.44. The average Bonchev–Trinajstić information content (AvgIpc) is 3.38. The molecule has 122 valence electrons. The number of aromatic nitrogens is 1. The summed E-state index contributed by atoms with van der Waals surface area (Å²) in [5.74, 6) is 0.0971. The van der Waals surface area contributed by atoms with Gasteiger partial charge in [0.15, 0.2) is 0 Å². The topological polar surface area (TPSA) is 88.0 Å². The zero-order chi connectivity index (χ0) is 15.5. The normalized spacial score (nSPS) is 14.7. The first-order valence-corrected chi connectivity index (χ1v) is 7.48. The van der Waals surface area contributed by atoms with Crippen LogP contribution in [0.5, 0.6) is 0 Å². The number of carbonyl (C=O) groups excluding carboxylic acids is 1. The Hall–Kier alpha value is -2.11. The molecule has 0 bridgehead atoms. The van der Waals surface area contributed by atoms with Gasteiger partial charge in [-0.1, -0.05) is 30.3 Å². The average molecular weight is 334 g/mol. The smallest absolute Gasteiger partial charge is 0.261 e. The minimum absolute atomic E-state index is 0. The highest BCUT2D eigenvalue weighted by Crippen LogP contribution is 2.32. The maximum Gasteiger partial charge on any atom is 0.261 e. The molecule has 1 atom stereocenters. The number of rotatable bonds is 5. The molecule has 4 N–H and O–H groups in total. The summed E-state index contributed by atoms with van der Waals surface area (Å²) < 4.78 is 0. The summed E-state index contributed by atoms with van der Waals surface area (Å²) in [5.41, 5.74) is 7.02. The van der Waals surface area contributed by atoms with Crippen molar-refractivity contribution >= 4 is 18.3 Å². The van der Waals surface area contributed by atoms with Crippen LogP contribution in [0.2, 0.25) is 0 Å². The van der Waals surface area contributed by atoms with E-state index in [0.29, 0.717) is 18.2 Å².